The maximum atomic E-state index is 11.8. The van der Waals surface area contributed by atoms with Crippen LogP contribution in [0, 0.1) is 0 Å². The fraction of sp³-hybridized carbons (Fsp3) is 0.200. The summed E-state index contributed by atoms with van der Waals surface area (Å²) < 4.78 is 0. The molecule has 0 bridgehead atoms. The van der Waals surface area contributed by atoms with Gasteiger partial charge in [0.15, 0.2) is 0 Å². The normalized spacial score (nSPS) is 17.9. The van der Waals surface area contributed by atoms with Gasteiger partial charge in [0.05, 0.1) is 11.8 Å². The first-order valence-corrected chi connectivity index (χ1v) is 6.43. The zero-order valence-electron chi connectivity index (χ0n) is 11.1. The summed E-state index contributed by atoms with van der Waals surface area (Å²) in [6, 6.07) is 9.88. The zero-order chi connectivity index (χ0) is 13.9. The molecule has 1 aromatic heterocycles. The lowest BCUT2D eigenvalue weighted by Crippen LogP contribution is -2.24. The monoisotopic (exact) mass is 266 g/mol. The van der Waals surface area contributed by atoms with E-state index in [0.29, 0.717) is 6.42 Å². The number of carbonyl (C=O) groups excluding carboxylic acids is 1. The number of aromatic nitrogens is 2. The molecule has 1 aromatic carbocycles. The summed E-state index contributed by atoms with van der Waals surface area (Å²) in [5.41, 5.74) is 2.78. The fourth-order valence-corrected chi connectivity index (χ4v) is 2.36. The molecule has 5 heteroatoms. The van der Waals surface area contributed by atoms with Crippen molar-refractivity contribution in [3.8, 4) is 0 Å². The van der Waals surface area contributed by atoms with Crippen molar-refractivity contribution in [2.24, 2.45) is 5.10 Å². The summed E-state index contributed by atoms with van der Waals surface area (Å²) in [7, 11) is 0. The summed E-state index contributed by atoms with van der Waals surface area (Å²) >= 11 is 0. The third-order valence-corrected chi connectivity index (χ3v) is 3.31. The van der Waals surface area contributed by atoms with Gasteiger partial charge < -0.3 is 0 Å². The van der Waals surface area contributed by atoms with Gasteiger partial charge in [-0.05, 0) is 5.56 Å². The number of benzene rings is 1. The van der Waals surface area contributed by atoms with Crippen molar-refractivity contribution in [3.63, 3.8) is 0 Å². The van der Waals surface area contributed by atoms with Crippen molar-refractivity contribution in [1.29, 1.82) is 0 Å². The van der Waals surface area contributed by atoms with E-state index in [9.17, 15) is 4.79 Å². The molecule has 100 valence electrons. The van der Waals surface area contributed by atoms with Gasteiger partial charge in [-0.1, -0.05) is 30.3 Å². The maximum Gasteiger partial charge on any atom is 0.240 e. The molecule has 0 fully saturated rings. The second kappa shape index (κ2) is 5.21. The van der Waals surface area contributed by atoms with Crippen molar-refractivity contribution < 1.29 is 4.79 Å². The average molecular weight is 266 g/mol. The number of hydrazone groups is 1. The molecule has 1 amide bonds. The van der Waals surface area contributed by atoms with Crippen molar-refractivity contribution in [2.45, 2.75) is 19.4 Å². The highest BCUT2D eigenvalue weighted by molar-refractivity contribution is 6.02. The first-order chi connectivity index (χ1) is 9.75. The van der Waals surface area contributed by atoms with Crippen LogP contribution in [-0.2, 0) is 4.79 Å². The largest absolute Gasteiger partial charge is 0.273 e. The highest BCUT2D eigenvalue weighted by Crippen LogP contribution is 2.32. The molecule has 2 heterocycles. The average Bonchev–Trinajstić information content (AvgIpc) is 2.94. The molecule has 2 aromatic rings. The molecular weight excluding hydrogens is 252 g/mol. The Morgan fingerprint density at radius 2 is 1.90 bits per heavy atom. The highest BCUT2D eigenvalue weighted by atomic mass is 16.2. The van der Waals surface area contributed by atoms with Crippen LogP contribution in [0.15, 0.2) is 54.2 Å². The van der Waals surface area contributed by atoms with Gasteiger partial charge >= 0.3 is 0 Å². The minimum absolute atomic E-state index is 0.0519. The topological polar surface area (TPSA) is 58.5 Å². The maximum absolute atomic E-state index is 11.8. The first kappa shape index (κ1) is 12.5. The summed E-state index contributed by atoms with van der Waals surface area (Å²) in [6.07, 6.45) is 5.60. The fourth-order valence-electron chi connectivity index (χ4n) is 2.36. The second-order valence-corrected chi connectivity index (χ2v) is 4.67. The van der Waals surface area contributed by atoms with Crippen LogP contribution in [-0.4, -0.2) is 26.6 Å². The molecule has 0 spiro atoms. The van der Waals surface area contributed by atoms with E-state index in [1.54, 1.807) is 12.4 Å². The standard InChI is InChI=1S/C15H14N4O/c1-11(20)19-15(12-5-3-2-4-6-12)7-14(18-19)13-8-16-10-17-9-13/h2-6,8-10,15H,7H2,1H3. The molecule has 0 radical (unpaired) electrons. The minimum Gasteiger partial charge on any atom is -0.273 e. The summed E-state index contributed by atoms with van der Waals surface area (Å²) in [6.45, 7) is 1.53. The number of hydrogen-bond acceptors (Lipinski definition) is 4. The third kappa shape index (κ3) is 2.30. The quantitative estimate of drug-likeness (QED) is 0.837. The van der Waals surface area contributed by atoms with Crippen LogP contribution in [0.3, 0.4) is 0 Å². The van der Waals surface area contributed by atoms with Gasteiger partial charge in [-0.2, -0.15) is 5.10 Å². The third-order valence-electron chi connectivity index (χ3n) is 3.31. The molecule has 1 atom stereocenters. The van der Waals surface area contributed by atoms with E-state index in [4.69, 9.17) is 0 Å². The molecule has 0 aliphatic carbocycles. The lowest BCUT2D eigenvalue weighted by molar-refractivity contribution is -0.130. The van der Waals surface area contributed by atoms with Gasteiger partial charge in [0.2, 0.25) is 5.91 Å². The van der Waals surface area contributed by atoms with Gasteiger partial charge in [-0.3, -0.25) is 4.79 Å². The van der Waals surface area contributed by atoms with E-state index in [-0.39, 0.29) is 11.9 Å². The SMILES string of the molecule is CC(=O)N1N=C(c2cncnc2)CC1c1ccccc1. The van der Waals surface area contributed by atoms with E-state index < -0.39 is 0 Å². The molecular formula is C15H14N4O. The zero-order valence-corrected chi connectivity index (χ0v) is 11.1. The van der Waals surface area contributed by atoms with Crippen LogP contribution >= 0.6 is 0 Å². The molecule has 0 N–H and O–H groups in total. The Kier molecular flexibility index (Phi) is 3.25. The van der Waals surface area contributed by atoms with E-state index in [2.05, 4.69) is 15.1 Å². The van der Waals surface area contributed by atoms with Crippen molar-refractivity contribution >= 4 is 11.6 Å². The lowest BCUT2D eigenvalue weighted by Gasteiger charge is -2.20. The van der Waals surface area contributed by atoms with Crippen molar-refractivity contribution in [2.75, 3.05) is 0 Å². The molecule has 5 nitrogen and oxygen atoms in total. The molecule has 1 aliphatic rings. The van der Waals surface area contributed by atoms with Gasteiger partial charge in [-0.25, -0.2) is 15.0 Å². The van der Waals surface area contributed by atoms with Gasteiger partial charge in [-0.15, -0.1) is 0 Å². The molecule has 0 saturated heterocycles. The summed E-state index contributed by atoms with van der Waals surface area (Å²) in [5.74, 6) is -0.0642. The number of rotatable bonds is 2. The van der Waals surface area contributed by atoms with E-state index in [0.717, 1.165) is 16.8 Å². The molecule has 0 saturated carbocycles. The van der Waals surface area contributed by atoms with Crippen molar-refractivity contribution in [3.05, 3.63) is 60.2 Å². The Morgan fingerprint density at radius 1 is 1.20 bits per heavy atom. The predicted octanol–water partition coefficient (Wildman–Crippen LogP) is 2.17. The summed E-state index contributed by atoms with van der Waals surface area (Å²) in [4.78, 5) is 19.8. The van der Waals surface area contributed by atoms with Gasteiger partial charge in [0.25, 0.3) is 0 Å². The molecule has 3 rings (SSSR count). The summed E-state index contributed by atoms with van der Waals surface area (Å²) in [5, 5.41) is 5.98. The van der Waals surface area contributed by atoms with Crippen LogP contribution in [0.4, 0.5) is 0 Å². The van der Waals surface area contributed by atoms with Crippen LogP contribution < -0.4 is 0 Å². The number of carbonyl (C=O) groups is 1. The Bertz CT molecular complexity index is 639. The molecule has 1 aliphatic heterocycles. The van der Waals surface area contributed by atoms with E-state index >= 15 is 0 Å². The predicted molar refractivity (Wildman–Crippen MR) is 74.9 cm³/mol. The second-order valence-electron chi connectivity index (χ2n) is 4.67. The Balaban J connectivity index is 1.94. The van der Waals surface area contributed by atoms with E-state index in [1.165, 1.54) is 18.3 Å². The number of amides is 1. The number of hydrogen-bond donors (Lipinski definition) is 0. The van der Waals surface area contributed by atoms with Crippen LogP contribution in [0.2, 0.25) is 0 Å². The Hall–Kier alpha value is -2.56. The smallest absolute Gasteiger partial charge is 0.240 e. The van der Waals surface area contributed by atoms with Crippen LogP contribution in [0.5, 0.6) is 0 Å². The Labute approximate surface area is 117 Å². The van der Waals surface area contributed by atoms with Gasteiger partial charge in [0, 0.05) is 31.3 Å². The van der Waals surface area contributed by atoms with Crippen molar-refractivity contribution in [1.82, 2.24) is 15.0 Å². The number of nitrogens with zero attached hydrogens (tertiary/aromatic N) is 4. The van der Waals surface area contributed by atoms with Crippen LogP contribution in [0.25, 0.3) is 0 Å². The minimum atomic E-state index is -0.0642. The Morgan fingerprint density at radius 3 is 2.55 bits per heavy atom. The lowest BCUT2D eigenvalue weighted by atomic mass is 10.00. The first-order valence-electron chi connectivity index (χ1n) is 6.43. The molecule has 1 unspecified atom stereocenters. The molecule has 20 heavy (non-hydrogen) atoms. The van der Waals surface area contributed by atoms with Crippen LogP contribution in [0.1, 0.15) is 30.5 Å². The van der Waals surface area contributed by atoms with E-state index in [1.807, 2.05) is 30.3 Å². The van der Waals surface area contributed by atoms with Gasteiger partial charge in [0.1, 0.15) is 6.33 Å². The highest BCUT2D eigenvalue weighted by Gasteiger charge is 2.31.